The lowest BCUT2D eigenvalue weighted by Crippen LogP contribution is -2.53. The van der Waals surface area contributed by atoms with Gasteiger partial charge in [-0.3, -0.25) is 29.5 Å². The molecule has 0 unspecified atom stereocenters. The van der Waals surface area contributed by atoms with Gasteiger partial charge in [0.05, 0.1) is 46.7 Å². The molecule has 9 rings (SSSR count). The molecule has 4 aliphatic rings. The lowest BCUT2D eigenvalue weighted by Gasteiger charge is -2.51. The van der Waals surface area contributed by atoms with Crippen LogP contribution in [0, 0.1) is 23.7 Å². The van der Waals surface area contributed by atoms with Crippen LogP contribution in [0.5, 0.6) is 11.5 Å². The smallest absolute Gasteiger partial charge is 0.260 e. The first-order valence-electron chi connectivity index (χ1n) is 18.3. The Kier molecular flexibility index (Phi) is 8.56. The number of carbonyl (C=O) groups is 4. The van der Waals surface area contributed by atoms with Crippen LogP contribution in [-0.4, -0.2) is 40.9 Å². The van der Waals surface area contributed by atoms with Crippen LogP contribution < -0.4 is 15.1 Å². The first kappa shape index (κ1) is 35.8. The molecule has 5 aromatic carbocycles. The number of benzene rings is 5. The van der Waals surface area contributed by atoms with Crippen molar-refractivity contribution in [2.75, 3.05) is 17.4 Å². The molecular formula is C45H35Cl2N3O6. The van der Waals surface area contributed by atoms with E-state index < -0.39 is 46.8 Å². The summed E-state index contributed by atoms with van der Waals surface area (Å²) in [6.07, 6.45) is 4.09. The molecule has 3 fully saturated rings. The number of nitrogens with one attached hydrogen (secondary N) is 1. The third-order valence-corrected chi connectivity index (χ3v) is 12.8. The summed E-state index contributed by atoms with van der Waals surface area (Å²) in [7, 11) is 1.55. The van der Waals surface area contributed by atoms with Crippen LogP contribution in [-0.2, 0) is 24.6 Å². The van der Waals surface area contributed by atoms with Crippen molar-refractivity contribution >= 4 is 75.1 Å². The molecule has 2 aliphatic heterocycles. The summed E-state index contributed by atoms with van der Waals surface area (Å²) in [6, 6.07) is 29.8. The van der Waals surface area contributed by atoms with E-state index in [1.165, 1.54) is 11.0 Å². The molecule has 0 spiro atoms. The van der Waals surface area contributed by atoms with Crippen molar-refractivity contribution in [3.8, 4) is 11.5 Å². The predicted molar refractivity (Wildman–Crippen MR) is 215 cm³/mol. The highest BCUT2D eigenvalue weighted by Gasteiger charge is 2.70. The van der Waals surface area contributed by atoms with E-state index in [0.29, 0.717) is 44.0 Å². The van der Waals surface area contributed by atoms with Crippen LogP contribution in [0.15, 0.2) is 121 Å². The largest absolute Gasteiger partial charge is 0.507 e. The highest BCUT2D eigenvalue weighted by molar-refractivity contribution is 6.36. The SMILES string of the molecule is C=Cc1ccc(N2C(=O)[C@H]3[C@H](CC=C4[C@H]3C[C@H]3C(=O)N(Nc5ccc(Cl)cc5Cl)C(=O)[C@@]3(c3ccc(OC)cc3)[C@H]4c3ccc(O)c4ccccc34)C2=O)cc1. The van der Waals surface area contributed by atoms with E-state index in [1.54, 1.807) is 61.7 Å². The highest BCUT2D eigenvalue weighted by Crippen LogP contribution is 2.65. The lowest BCUT2D eigenvalue weighted by atomic mass is 9.49. The number of hydrogen-bond acceptors (Lipinski definition) is 7. The van der Waals surface area contributed by atoms with Crippen LogP contribution >= 0.6 is 23.2 Å². The molecule has 2 saturated heterocycles. The number of rotatable bonds is 7. The van der Waals surface area contributed by atoms with Crippen LogP contribution in [0.4, 0.5) is 11.4 Å². The van der Waals surface area contributed by atoms with Gasteiger partial charge in [-0.25, -0.2) is 0 Å². The number of nitrogens with zero attached hydrogens (tertiary/aromatic N) is 2. The summed E-state index contributed by atoms with van der Waals surface area (Å²) in [6.45, 7) is 3.81. The average molecular weight is 785 g/mol. The Morgan fingerprint density at radius 2 is 1.59 bits per heavy atom. The molecule has 2 heterocycles. The van der Waals surface area contributed by atoms with E-state index in [4.69, 9.17) is 27.9 Å². The molecule has 9 nitrogen and oxygen atoms in total. The maximum Gasteiger partial charge on any atom is 0.260 e. The zero-order valence-corrected chi connectivity index (χ0v) is 31.6. The van der Waals surface area contributed by atoms with Gasteiger partial charge >= 0.3 is 0 Å². The zero-order valence-electron chi connectivity index (χ0n) is 30.1. The topological polar surface area (TPSA) is 116 Å². The third kappa shape index (κ3) is 5.14. The van der Waals surface area contributed by atoms with Gasteiger partial charge in [-0.05, 0) is 89.4 Å². The maximum atomic E-state index is 15.6. The molecule has 0 bridgehead atoms. The Bertz CT molecular complexity index is 2540. The number of methoxy groups -OCH3 is 1. The van der Waals surface area contributed by atoms with Gasteiger partial charge in [0.2, 0.25) is 11.8 Å². The monoisotopic (exact) mass is 783 g/mol. The normalized spacial score (nSPS) is 25.5. The van der Waals surface area contributed by atoms with Crippen molar-refractivity contribution in [2.45, 2.75) is 24.2 Å². The van der Waals surface area contributed by atoms with E-state index >= 15 is 9.59 Å². The van der Waals surface area contributed by atoms with E-state index in [-0.39, 0.29) is 35.4 Å². The van der Waals surface area contributed by atoms with Gasteiger partial charge in [-0.15, -0.1) is 0 Å². The van der Waals surface area contributed by atoms with Crippen molar-refractivity contribution in [3.05, 3.63) is 148 Å². The lowest BCUT2D eigenvalue weighted by molar-refractivity contribution is -0.138. The molecule has 280 valence electrons. The van der Waals surface area contributed by atoms with Crippen molar-refractivity contribution in [2.24, 2.45) is 23.7 Å². The number of phenolic OH excluding ortho intramolecular Hbond substituents is 1. The summed E-state index contributed by atoms with van der Waals surface area (Å²) in [5, 5.41) is 14.0. The second-order valence-corrected chi connectivity index (χ2v) is 15.6. The Labute approximate surface area is 332 Å². The van der Waals surface area contributed by atoms with Crippen LogP contribution in [0.2, 0.25) is 10.0 Å². The molecule has 1 saturated carbocycles. The highest BCUT2D eigenvalue weighted by atomic mass is 35.5. The van der Waals surface area contributed by atoms with Gasteiger partial charge in [-0.1, -0.05) is 102 Å². The second-order valence-electron chi connectivity index (χ2n) is 14.7. The molecule has 0 radical (unpaired) electrons. The van der Waals surface area contributed by atoms with Crippen molar-refractivity contribution in [3.63, 3.8) is 0 Å². The minimum absolute atomic E-state index is 0.0635. The Morgan fingerprint density at radius 3 is 2.29 bits per heavy atom. The first-order chi connectivity index (χ1) is 27.1. The number of ether oxygens (including phenoxy) is 1. The predicted octanol–water partition coefficient (Wildman–Crippen LogP) is 8.69. The average Bonchev–Trinajstić information content (AvgIpc) is 3.60. The summed E-state index contributed by atoms with van der Waals surface area (Å²) in [4.78, 5) is 60.9. The van der Waals surface area contributed by atoms with Crippen molar-refractivity contribution in [1.29, 1.82) is 0 Å². The van der Waals surface area contributed by atoms with Gasteiger partial charge in [0.25, 0.3) is 11.8 Å². The van der Waals surface area contributed by atoms with Gasteiger partial charge in [0, 0.05) is 16.3 Å². The maximum absolute atomic E-state index is 15.6. The molecule has 11 heteroatoms. The molecule has 4 amide bonds. The van der Waals surface area contributed by atoms with E-state index in [2.05, 4.69) is 12.0 Å². The Morgan fingerprint density at radius 1 is 0.857 bits per heavy atom. The third-order valence-electron chi connectivity index (χ3n) is 12.2. The number of hydrazine groups is 1. The summed E-state index contributed by atoms with van der Waals surface area (Å²) in [5.41, 5.74) is 5.19. The van der Waals surface area contributed by atoms with E-state index in [9.17, 15) is 14.7 Å². The Hall–Kier alpha value is -5.90. The quantitative estimate of drug-likeness (QED) is 0.125. The number of phenols is 1. The number of carbonyl (C=O) groups excluding carboxylic acids is 4. The number of imide groups is 2. The molecular weight excluding hydrogens is 749 g/mol. The van der Waals surface area contributed by atoms with E-state index in [1.807, 2.05) is 54.6 Å². The molecule has 2 aliphatic carbocycles. The first-order valence-corrected chi connectivity index (χ1v) is 19.1. The Balaban J connectivity index is 1.27. The van der Waals surface area contributed by atoms with Crippen LogP contribution in [0.3, 0.4) is 0 Å². The number of amides is 4. The van der Waals surface area contributed by atoms with Gasteiger partial charge in [0.15, 0.2) is 0 Å². The number of anilines is 2. The van der Waals surface area contributed by atoms with Crippen LogP contribution in [0.25, 0.3) is 16.8 Å². The number of fused-ring (bicyclic) bond motifs is 5. The zero-order chi connectivity index (χ0) is 39.0. The summed E-state index contributed by atoms with van der Waals surface area (Å²) < 4.78 is 5.52. The molecule has 0 aromatic heterocycles. The second kappa shape index (κ2) is 13.4. The fourth-order valence-electron chi connectivity index (χ4n) is 9.76. The standard InChI is InChI=1S/C45H35Cl2N3O6/c1-3-24-8-13-27(14-9-24)49-41(52)33-18-17-32-34(39(33)43(49)54)23-35-42(53)50(48-37-20-12-26(46)22-36(37)47)44(55)45(35,25-10-15-28(56-2)16-11-25)40(32)31-19-21-38(51)30-7-5-4-6-29(30)31/h3-17,19-22,33-35,39-40,48,51H,1,18,23H2,2H3/t33-,34+,35-,39-,40-,45+/m0/s1. The molecule has 2 N–H and O–H groups in total. The van der Waals surface area contributed by atoms with Gasteiger partial charge < -0.3 is 9.84 Å². The number of aromatic hydroxyl groups is 1. The number of hydrogen-bond donors (Lipinski definition) is 2. The molecule has 5 aromatic rings. The fourth-order valence-corrected chi connectivity index (χ4v) is 10.2. The van der Waals surface area contributed by atoms with Crippen LogP contribution in [0.1, 0.15) is 35.4 Å². The fraction of sp³-hybridized carbons (Fsp3) is 0.200. The summed E-state index contributed by atoms with van der Waals surface area (Å²) >= 11 is 12.8. The van der Waals surface area contributed by atoms with Crippen molar-refractivity contribution in [1.82, 2.24) is 5.01 Å². The molecule has 6 atom stereocenters. The minimum Gasteiger partial charge on any atom is -0.507 e. The van der Waals surface area contributed by atoms with E-state index in [0.717, 1.165) is 16.1 Å². The summed E-state index contributed by atoms with van der Waals surface area (Å²) in [5.74, 6) is -4.83. The van der Waals surface area contributed by atoms with Gasteiger partial charge in [-0.2, -0.15) is 5.01 Å². The molecule has 56 heavy (non-hydrogen) atoms. The number of halogens is 2. The number of allylic oxidation sites excluding steroid dienone is 2. The van der Waals surface area contributed by atoms with Crippen molar-refractivity contribution < 1.29 is 29.0 Å². The minimum atomic E-state index is -1.55. The van der Waals surface area contributed by atoms with Gasteiger partial charge in [0.1, 0.15) is 11.5 Å².